The molecule has 0 spiro atoms. The quantitative estimate of drug-likeness (QED) is 0.339. The van der Waals surface area contributed by atoms with Crippen molar-refractivity contribution in [2.45, 2.75) is 78.0 Å². The topological polar surface area (TPSA) is 160 Å². The van der Waals surface area contributed by atoms with Gasteiger partial charge in [-0.3, -0.25) is 14.4 Å². The Morgan fingerprint density at radius 3 is 2.32 bits per heavy atom. The molecular weight excluding hydrogens is 570 g/mol. The summed E-state index contributed by atoms with van der Waals surface area (Å²) >= 11 is 0. The number of carbonyl (C=O) groups is 4. The minimum atomic E-state index is -1.05. The van der Waals surface area contributed by atoms with Gasteiger partial charge in [0.15, 0.2) is 5.82 Å². The molecule has 44 heavy (non-hydrogen) atoms. The second kappa shape index (κ2) is 16.1. The Morgan fingerprint density at radius 1 is 1.02 bits per heavy atom. The molecule has 1 unspecified atom stereocenters. The third-order valence-electron chi connectivity index (χ3n) is 6.54. The van der Waals surface area contributed by atoms with Crippen molar-refractivity contribution in [3.63, 3.8) is 0 Å². The van der Waals surface area contributed by atoms with Gasteiger partial charge in [-0.2, -0.15) is 0 Å². The monoisotopic (exact) mass is 613 g/mol. The zero-order chi connectivity index (χ0) is 32.3. The molecule has 0 saturated carbocycles. The van der Waals surface area contributed by atoms with Gasteiger partial charge in [-0.1, -0.05) is 30.3 Å². The number of aliphatic hydroxyl groups excluding tert-OH is 1. The Bertz CT molecular complexity index is 1270. The third-order valence-corrected chi connectivity index (χ3v) is 6.54. The van der Waals surface area contributed by atoms with Crippen LogP contribution in [0, 0.1) is 0 Å². The first-order valence-electron chi connectivity index (χ1n) is 14.9. The molecule has 2 heterocycles. The van der Waals surface area contributed by atoms with Crippen LogP contribution in [-0.2, 0) is 30.3 Å². The van der Waals surface area contributed by atoms with Gasteiger partial charge in [-0.25, -0.2) is 14.8 Å². The molecule has 13 heteroatoms. The van der Waals surface area contributed by atoms with Crippen molar-refractivity contribution >= 4 is 23.9 Å². The molecule has 0 radical (unpaired) electrons. The van der Waals surface area contributed by atoms with E-state index in [1.165, 1.54) is 5.06 Å². The van der Waals surface area contributed by atoms with E-state index < -0.39 is 35.8 Å². The van der Waals surface area contributed by atoms with Gasteiger partial charge in [0.25, 0.3) is 5.91 Å². The summed E-state index contributed by atoms with van der Waals surface area (Å²) < 4.78 is 10.2. The maximum absolute atomic E-state index is 13.7. The van der Waals surface area contributed by atoms with Crippen LogP contribution in [0.3, 0.4) is 0 Å². The van der Waals surface area contributed by atoms with E-state index in [9.17, 15) is 24.3 Å². The van der Waals surface area contributed by atoms with E-state index in [-0.39, 0.29) is 57.2 Å². The number of hydrogen-bond donors (Lipinski definition) is 2. The van der Waals surface area contributed by atoms with Crippen LogP contribution in [0.25, 0.3) is 11.4 Å². The van der Waals surface area contributed by atoms with Crippen LogP contribution >= 0.6 is 0 Å². The number of amides is 2. The standard InChI is InChI=1S/C31H43N5O8/c1-6-42-30(41)44-36-18-16-35(17-19-36)29(40)24(14-15-26(38)43-31(3,4)5)34-28(39)25-20-23(13-12-21(2)37)32-27(33-25)22-10-8-7-9-11-22/h7-11,20-21,24,37H,6,12-19H2,1-5H3,(H,34,39)/t21-,24?/m0/s1. The SMILES string of the molecule is CCOC(=O)ON1CCN(C(=O)C(CCC(=O)OC(C)(C)C)NC(=O)c2cc(CC[C@H](C)O)nc(-c3ccccc3)n2)CC1. The van der Waals surface area contributed by atoms with Crippen molar-refractivity contribution < 1.29 is 38.6 Å². The zero-order valence-electron chi connectivity index (χ0n) is 26.1. The first-order chi connectivity index (χ1) is 20.8. The predicted molar refractivity (Wildman–Crippen MR) is 160 cm³/mol. The summed E-state index contributed by atoms with van der Waals surface area (Å²) in [5.41, 5.74) is 0.633. The van der Waals surface area contributed by atoms with E-state index in [4.69, 9.17) is 14.3 Å². The molecule has 2 amide bonds. The van der Waals surface area contributed by atoms with E-state index in [2.05, 4.69) is 15.3 Å². The van der Waals surface area contributed by atoms with Gasteiger partial charge in [0.1, 0.15) is 17.3 Å². The number of hydrogen-bond acceptors (Lipinski definition) is 11. The third kappa shape index (κ3) is 11.2. The summed E-state index contributed by atoms with van der Waals surface area (Å²) in [6, 6.07) is 9.68. The number of hydroxylamine groups is 2. The fourth-order valence-electron chi connectivity index (χ4n) is 4.43. The lowest BCUT2D eigenvalue weighted by Gasteiger charge is -2.35. The lowest BCUT2D eigenvalue weighted by molar-refractivity contribution is -0.158. The highest BCUT2D eigenvalue weighted by atomic mass is 16.8. The smallest absolute Gasteiger partial charge is 0.460 e. The van der Waals surface area contributed by atoms with E-state index in [1.807, 2.05) is 30.3 Å². The van der Waals surface area contributed by atoms with Crippen LogP contribution < -0.4 is 5.32 Å². The molecule has 3 rings (SSSR count). The summed E-state index contributed by atoms with van der Waals surface area (Å²) in [6.07, 6.45) is -0.611. The van der Waals surface area contributed by atoms with Gasteiger partial charge in [-0.05, 0) is 59.9 Å². The molecule has 1 aliphatic heterocycles. The van der Waals surface area contributed by atoms with E-state index in [1.54, 1.807) is 45.6 Å². The van der Waals surface area contributed by atoms with Crippen molar-refractivity contribution in [3.05, 3.63) is 47.8 Å². The zero-order valence-corrected chi connectivity index (χ0v) is 26.1. The van der Waals surface area contributed by atoms with Crippen LogP contribution in [0.15, 0.2) is 36.4 Å². The highest BCUT2D eigenvalue weighted by Crippen LogP contribution is 2.18. The Balaban J connectivity index is 1.80. The second-order valence-electron chi connectivity index (χ2n) is 11.5. The maximum Gasteiger partial charge on any atom is 0.527 e. The van der Waals surface area contributed by atoms with Gasteiger partial charge in [0.05, 0.1) is 25.8 Å². The first kappa shape index (κ1) is 34.4. The first-order valence-corrected chi connectivity index (χ1v) is 14.9. The van der Waals surface area contributed by atoms with E-state index in [0.29, 0.717) is 29.9 Å². The number of aryl methyl sites for hydroxylation is 1. The van der Waals surface area contributed by atoms with E-state index >= 15 is 0 Å². The number of aliphatic hydroxyl groups is 1. The number of ether oxygens (including phenoxy) is 2. The van der Waals surface area contributed by atoms with Gasteiger partial charge in [0, 0.05) is 30.8 Å². The Morgan fingerprint density at radius 2 is 1.70 bits per heavy atom. The summed E-state index contributed by atoms with van der Waals surface area (Å²) in [4.78, 5) is 67.2. The largest absolute Gasteiger partial charge is 0.527 e. The van der Waals surface area contributed by atoms with Crippen LogP contribution in [0.1, 0.15) is 70.1 Å². The lowest BCUT2D eigenvalue weighted by atomic mass is 10.1. The molecule has 2 aromatic rings. The molecule has 1 aromatic heterocycles. The predicted octanol–water partition coefficient (Wildman–Crippen LogP) is 2.91. The number of rotatable bonds is 12. The second-order valence-corrected chi connectivity index (χ2v) is 11.5. The maximum atomic E-state index is 13.7. The van der Waals surface area contributed by atoms with Crippen LogP contribution in [0.5, 0.6) is 0 Å². The summed E-state index contributed by atoms with van der Waals surface area (Å²) in [6.45, 7) is 9.73. The van der Waals surface area contributed by atoms with Gasteiger partial charge < -0.3 is 29.6 Å². The van der Waals surface area contributed by atoms with Gasteiger partial charge in [0.2, 0.25) is 5.91 Å². The molecule has 1 fully saturated rings. The number of carbonyl (C=O) groups excluding carboxylic acids is 4. The average Bonchev–Trinajstić information content (AvgIpc) is 2.97. The van der Waals surface area contributed by atoms with Crippen molar-refractivity contribution in [1.29, 1.82) is 0 Å². The lowest BCUT2D eigenvalue weighted by Crippen LogP contribution is -2.55. The normalized spacial score (nSPS) is 15.2. The molecule has 1 aromatic carbocycles. The van der Waals surface area contributed by atoms with Crippen LogP contribution in [0.2, 0.25) is 0 Å². The Labute approximate surface area is 257 Å². The van der Waals surface area contributed by atoms with Crippen molar-refractivity contribution in [3.8, 4) is 11.4 Å². The Kier molecular flexibility index (Phi) is 12.6. The number of nitrogens with one attached hydrogen (secondary N) is 1. The fraction of sp³-hybridized carbons (Fsp3) is 0.548. The Hall–Kier alpha value is -4.10. The number of piperazine rings is 1. The molecule has 240 valence electrons. The van der Waals surface area contributed by atoms with E-state index in [0.717, 1.165) is 0 Å². The number of aromatic nitrogens is 2. The molecule has 0 aliphatic carbocycles. The minimum absolute atomic E-state index is 0.00450. The van der Waals surface area contributed by atoms with Gasteiger partial charge >= 0.3 is 12.1 Å². The van der Waals surface area contributed by atoms with Crippen molar-refractivity contribution in [2.24, 2.45) is 0 Å². The number of esters is 1. The molecule has 0 bridgehead atoms. The molecule has 1 aliphatic rings. The van der Waals surface area contributed by atoms with Gasteiger partial charge in [-0.15, -0.1) is 5.06 Å². The van der Waals surface area contributed by atoms with Crippen molar-refractivity contribution in [2.75, 3.05) is 32.8 Å². The minimum Gasteiger partial charge on any atom is -0.460 e. The fourth-order valence-corrected chi connectivity index (χ4v) is 4.43. The average molecular weight is 614 g/mol. The molecular formula is C31H43N5O8. The highest BCUT2D eigenvalue weighted by Gasteiger charge is 2.31. The molecule has 2 atom stereocenters. The molecule has 1 saturated heterocycles. The highest BCUT2D eigenvalue weighted by molar-refractivity contribution is 5.96. The summed E-state index contributed by atoms with van der Waals surface area (Å²) in [7, 11) is 0. The van der Waals surface area contributed by atoms with Crippen molar-refractivity contribution in [1.82, 2.24) is 25.2 Å². The summed E-state index contributed by atoms with van der Waals surface area (Å²) in [5.74, 6) is -1.14. The number of nitrogens with zero attached hydrogens (tertiary/aromatic N) is 4. The number of benzene rings is 1. The summed E-state index contributed by atoms with van der Waals surface area (Å²) in [5, 5.41) is 14.0. The van der Waals surface area contributed by atoms with Crippen LogP contribution in [0.4, 0.5) is 4.79 Å². The molecule has 13 nitrogen and oxygen atoms in total. The van der Waals surface area contributed by atoms with Crippen LogP contribution in [-0.4, -0.2) is 99.5 Å². The molecule has 2 N–H and O–H groups in total.